The average molecular weight is 261 g/mol. The fourth-order valence-electron chi connectivity index (χ4n) is 1.41. The standard InChI is InChI=1S/C10H11N7O2/c11-16-9-2-1-8(17(18)19)10(15-9)13-5-7-3-4-12-6-14-7/h1-4,6H,5,11H2,(H2,13,15,16). The van der Waals surface area contributed by atoms with Gasteiger partial charge in [0, 0.05) is 12.3 Å². The molecule has 9 nitrogen and oxygen atoms in total. The lowest BCUT2D eigenvalue weighted by molar-refractivity contribution is -0.384. The Bertz CT molecular complexity index is 575. The summed E-state index contributed by atoms with van der Waals surface area (Å²) in [6.07, 6.45) is 2.99. The van der Waals surface area contributed by atoms with E-state index in [0.717, 1.165) is 0 Å². The summed E-state index contributed by atoms with van der Waals surface area (Å²) >= 11 is 0. The molecule has 4 N–H and O–H groups in total. The topological polar surface area (TPSA) is 132 Å². The van der Waals surface area contributed by atoms with Gasteiger partial charge in [0.2, 0.25) is 5.82 Å². The highest BCUT2D eigenvalue weighted by Gasteiger charge is 2.15. The molecule has 0 radical (unpaired) electrons. The van der Waals surface area contributed by atoms with Crippen molar-refractivity contribution < 1.29 is 4.92 Å². The van der Waals surface area contributed by atoms with Crippen LogP contribution in [-0.2, 0) is 6.54 Å². The van der Waals surface area contributed by atoms with E-state index in [4.69, 9.17) is 5.84 Å². The summed E-state index contributed by atoms with van der Waals surface area (Å²) in [6, 6.07) is 4.45. The molecule has 0 fully saturated rings. The molecule has 98 valence electrons. The van der Waals surface area contributed by atoms with Crippen LogP contribution in [0.15, 0.2) is 30.7 Å². The number of hydrazine groups is 1. The van der Waals surface area contributed by atoms with E-state index >= 15 is 0 Å². The first-order valence-corrected chi connectivity index (χ1v) is 5.31. The Labute approximate surface area is 108 Å². The molecule has 0 aliphatic heterocycles. The van der Waals surface area contributed by atoms with Crippen LogP contribution in [0.3, 0.4) is 0 Å². The lowest BCUT2D eigenvalue weighted by Gasteiger charge is -2.07. The summed E-state index contributed by atoms with van der Waals surface area (Å²) in [6.45, 7) is 0.296. The molecule has 9 heteroatoms. The molecule has 2 aromatic heterocycles. The molecule has 0 amide bonds. The van der Waals surface area contributed by atoms with E-state index in [1.807, 2.05) is 0 Å². The lowest BCUT2D eigenvalue weighted by atomic mass is 10.3. The first-order valence-electron chi connectivity index (χ1n) is 5.31. The van der Waals surface area contributed by atoms with Gasteiger partial charge >= 0.3 is 5.69 Å². The van der Waals surface area contributed by atoms with Crippen LogP contribution >= 0.6 is 0 Å². The Morgan fingerprint density at radius 3 is 2.84 bits per heavy atom. The van der Waals surface area contributed by atoms with Gasteiger partial charge in [-0.05, 0) is 12.1 Å². The summed E-state index contributed by atoms with van der Waals surface area (Å²) in [7, 11) is 0. The van der Waals surface area contributed by atoms with E-state index in [2.05, 4.69) is 25.7 Å². The van der Waals surface area contributed by atoms with Crippen molar-refractivity contribution in [1.82, 2.24) is 15.0 Å². The summed E-state index contributed by atoms with van der Waals surface area (Å²) in [5, 5.41) is 13.7. The summed E-state index contributed by atoms with van der Waals surface area (Å²) in [4.78, 5) is 22.1. The monoisotopic (exact) mass is 261 g/mol. The van der Waals surface area contributed by atoms with Crippen LogP contribution in [0, 0.1) is 10.1 Å². The van der Waals surface area contributed by atoms with Gasteiger partial charge in [0.25, 0.3) is 0 Å². The van der Waals surface area contributed by atoms with Crippen LogP contribution < -0.4 is 16.6 Å². The molecule has 19 heavy (non-hydrogen) atoms. The van der Waals surface area contributed by atoms with E-state index in [-0.39, 0.29) is 11.5 Å². The molecule has 0 spiro atoms. The zero-order valence-electron chi connectivity index (χ0n) is 9.78. The summed E-state index contributed by atoms with van der Waals surface area (Å²) < 4.78 is 0. The molecule has 0 atom stereocenters. The number of pyridine rings is 1. The Morgan fingerprint density at radius 2 is 2.21 bits per heavy atom. The minimum Gasteiger partial charge on any atom is -0.359 e. The number of nitro groups is 1. The van der Waals surface area contributed by atoms with Crippen molar-refractivity contribution in [2.24, 2.45) is 5.84 Å². The molecule has 2 aromatic rings. The molecular formula is C10H11N7O2. The van der Waals surface area contributed by atoms with Gasteiger partial charge in [-0.2, -0.15) is 0 Å². The number of rotatable bonds is 5. The zero-order valence-corrected chi connectivity index (χ0v) is 9.78. The average Bonchev–Trinajstić information content (AvgIpc) is 2.45. The first kappa shape index (κ1) is 12.6. The largest absolute Gasteiger partial charge is 0.359 e. The number of nitrogen functional groups attached to an aromatic ring is 1. The third kappa shape index (κ3) is 3.10. The van der Waals surface area contributed by atoms with Crippen molar-refractivity contribution in [3.8, 4) is 0 Å². The van der Waals surface area contributed by atoms with E-state index in [1.165, 1.54) is 18.5 Å². The molecule has 0 aromatic carbocycles. The Kier molecular flexibility index (Phi) is 3.78. The van der Waals surface area contributed by atoms with E-state index < -0.39 is 4.92 Å². The molecule has 0 saturated heterocycles. The van der Waals surface area contributed by atoms with Gasteiger partial charge in [-0.25, -0.2) is 20.8 Å². The minimum atomic E-state index is -0.518. The highest BCUT2D eigenvalue weighted by Crippen LogP contribution is 2.23. The Morgan fingerprint density at radius 1 is 1.37 bits per heavy atom. The maximum atomic E-state index is 10.9. The first-order chi connectivity index (χ1) is 9.20. The van der Waals surface area contributed by atoms with Crippen LogP contribution in [0.1, 0.15) is 5.69 Å². The summed E-state index contributed by atoms with van der Waals surface area (Å²) in [5.41, 5.74) is 2.89. The molecule has 0 bridgehead atoms. The fraction of sp³-hybridized carbons (Fsp3) is 0.100. The number of hydrogen-bond acceptors (Lipinski definition) is 8. The maximum absolute atomic E-state index is 10.9. The van der Waals surface area contributed by atoms with Gasteiger partial charge < -0.3 is 10.7 Å². The number of nitrogens with zero attached hydrogens (tertiary/aromatic N) is 4. The van der Waals surface area contributed by atoms with Gasteiger partial charge in [-0.3, -0.25) is 10.1 Å². The highest BCUT2D eigenvalue weighted by atomic mass is 16.6. The zero-order chi connectivity index (χ0) is 13.7. The van der Waals surface area contributed by atoms with Crippen molar-refractivity contribution in [3.63, 3.8) is 0 Å². The van der Waals surface area contributed by atoms with Crippen molar-refractivity contribution >= 4 is 17.3 Å². The second kappa shape index (κ2) is 5.69. The molecule has 2 heterocycles. The van der Waals surface area contributed by atoms with E-state index in [1.54, 1.807) is 12.3 Å². The van der Waals surface area contributed by atoms with Gasteiger partial charge in [0.15, 0.2) is 0 Å². The van der Waals surface area contributed by atoms with Gasteiger partial charge in [-0.15, -0.1) is 0 Å². The van der Waals surface area contributed by atoms with Crippen molar-refractivity contribution in [2.45, 2.75) is 6.54 Å². The quantitative estimate of drug-likeness (QED) is 0.406. The van der Waals surface area contributed by atoms with Crippen molar-refractivity contribution in [2.75, 3.05) is 10.7 Å². The van der Waals surface area contributed by atoms with Gasteiger partial charge in [-0.1, -0.05) is 0 Å². The number of aromatic nitrogens is 3. The predicted octanol–water partition coefficient (Wildman–Crippen LogP) is 0.677. The number of hydrogen-bond donors (Lipinski definition) is 3. The molecule has 0 aliphatic carbocycles. The predicted molar refractivity (Wildman–Crippen MR) is 68.1 cm³/mol. The van der Waals surface area contributed by atoms with Crippen LogP contribution in [0.4, 0.5) is 17.3 Å². The SMILES string of the molecule is NNc1ccc([N+](=O)[O-])c(NCc2ccncn2)n1. The van der Waals surface area contributed by atoms with Crippen LogP contribution in [0.25, 0.3) is 0 Å². The number of nitrogens with two attached hydrogens (primary N) is 1. The second-order valence-electron chi connectivity index (χ2n) is 3.52. The third-order valence-electron chi connectivity index (χ3n) is 2.30. The van der Waals surface area contributed by atoms with E-state index in [0.29, 0.717) is 18.1 Å². The van der Waals surface area contributed by atoms with Gasteiger partial charge in [0.1, 0.15) is 12.1 Å². The molecular weight excluding hydrogens is 250 g/mol. The molecule has 0 unspecified atom stereocenters. The summed E-state index contributed by atoms with van der Waals surface area (Å²) in [5.74, 6) is 5.67. The third-order valence-corrected chi connectivity index (χ3v) is 2.30. The van der Waals surface area contributed by atoms with E-state index in [9.17, 15) is 10.1 Å². The van der Waals surface area contributed by atoms with Crippen LogP contribution in [0.5, 0.6) is 0 Å². The Hall–Kier alpha value is -2.81. The van der Waals surface area contributed by atoms with Crippen molar-refractivity contribution in [3.05, 3.63) is 46.5 Å². The van der Waals surface area contributed by atoms with Crippen LogP contribution in [-0.4, -0.2) is 19.9 Å². The lowest BCUT2D eigenvalue weighted by Crippen LogP contribution is -2.11. The van der Waals surface area contributed by atoms with Crippen molar-refractivity contribution in [1.29, 1.82) is 0 Å². The normalized spacial score (nSPS) is 9.95. The highest BCUT2D eigenvalue weighted by molar-refractivity contribution is 5.59. The number of anilines is 2. The second-order valence-corrected chi connectivity index (χ2v) is 3.52. The molecule has 0 saturated carbocycles. The maximum Gasteiger partial charge on any atom is 0.311 e. The molecule has 2 rings (SSSR count). The fourth-order valence-corrected chi connectivity index (χ4v) is 1.41. The van der Waals surface area contributed by atoms with Gasteiger partial charge in [0.05, 0.1) is 17.2 Å². The minimum absolute atomic E-state index is 0.124. The smallest absolute Gasteiger partial charge is 0.311 e. The van der Waals surface area contributed by atoms with Crippen LogP contribution in [0.2, 0.25) is 0 Å². The molecule has 0 aliphatic rings. The number of nitrogens with one attached hydrogen (secondary N) is 2. The Balaban J connectivity index is 2.20.